The number of rotatable bonds is 4. The molecule has 1 unspecified atom stereocenters. The molecule has 1 amide bonds. The number of amides is 1. The van der Waals surface area contributed by atoms with Crippen LogP contribution >= 0.6 is 0 Å². The number of nitrogens with one attached hydrogen (secondary N) is 2. The standard InChI is InChI=1S/C12H14N6O2/c19-11(14-7-8-3-1-6-15-17-8)10-16-12(20-18-10)9-4-2-5-13-9/h1,3,6,9,13H,2,4-5,7H2,(H,14,19). The van der Waals surface area contributed by atoms with Gasteiger partial charge < -0.3 is 15.2 Å². The van der Waals surface area contributed by atoms with Gasteiger partial charge in [0.25, 0.3) is 11.7 Å². The first-order valence-corrected chi connectivity index (χ1v) is 6.45. The molecule has 0 spiro atoms. The fourth-order valence-corrected chi connectivity index (χ4v) is 2.04. The topological polar surface area (TPSA) is 106 Å². The van der Waals surface area contributed by atoms with Crippen LogP contribution in [0.3, 0.4) is 0 Å². The van der Waals surface area contributed by atoms with Crippen LogP contribution in [0, 0.1) is 0 Å². The third kappa shape index (κ3) is 2.80. The van der Waals surface area contributed by atoms with Crippen LogP contribution in [0.2, 0.25) is 0 Å². The van der Waals surface area contributed by atoms with Crippen LogP contribution in [-0.4, -0.2) is 32.8 Å². The molecule has 0 aliphatic carbocycles. The van der Waals surface area contributed by atoms with Gasteiger partial charge in [0.1, 0.15) is 0 Å². The molecule has 1 fully saturated rings. The van der Waals surface area contributed by atoms with Crippen LogP contribution in [0.5, 0.6) is 0 Å². The Morgan fingerprint density at radius 3 is 3.25 bits per heavy atom. The van der Waals surface area contributed by atoms with Crippen molar-refractivity contribution in [2.45, 2.75) is 25.4 Å². The average Bonchev–Trinajstić information content (AvgIpc) is 3.16. The summed E-state index contributed by atoms with van der Waals surface area (Å²) in [6.07, 6.45) is 3.59. The number of hydrogen-bond donors (Lipinski definition) is 2. The molecule has 3 rings (SSSR count). The maximum Gasteiger partial charge on any atom is 0.293 e. The number of carbonyl (C=O) groups is 1. The number of nitrogens with zero attached hydrogens (tertiary/aromatic N) is 4. The highest BCUT2D eigenvalue weighted by Crippen LogP contribution is 2.20. The second-order valence-electron chi connectivity index (χ2n) is 4.50. The van der Waals surface area contributed by atoms with E-state index in [2.05, 4.69) is 31.0 Å². The van der Waals surface area contributed by atoms with Gasteiger partial charge in [-0.2, -0.15) is 15.2 Å². The van der Waals surface area contributed by atoms with E-state index in [1.807, 2.05) is 0 Å². The van der Waals surface area contributed by atoms with E-state index in [0.29, 0.717) is 11.6 Å². The molecule has 104 valence electrons. The SMILES string of the molecule is O=C(NCc1cccnn1)c1noc(C2CCCN2)n1. The van der Waals surface area contributed by atoms with E-state index in [0.717, 1.165) is 19.4 Å². The minimum atomic E-state index is -0.386. The molecular formula is C12H14N6O2. The van der Waals surface area contributed by atoms with Crippen LogP contribution in [0.1, 0.15) is 41.1 Å². The molecule has 1 atom stereocenters. The van der Waals surface area contributed by atoms with Crippen molar-refractivity contribution in [2.75, 3.05) is 6.54 Å². The van der Waals surface area contributed by atoms with Gasteiger partial charge in [0.15, 0.2) is 0 Å². The molecule has 8 nitrogen and oxygen atoms in total. The van der Waals surface area contributed by atoms with Crippen molar-refractivity contribution >= 4 is 5.91 Å². The first-order valence-electron chi connectivity index (χ1n) is 6.45. The molecule has 2 aromatic heterocycles. The zero-order valence-corrected chi connectivity index (χ0v) is 10.7. The Morgan fingerprint density at radius 2 is 2.50 bits per heavy atom. The molecule has 2 N–H and O–H groups in total. The van der Waals surface area contributed by atoms with Gasteiger partial charge in [-0.05, 0) is 31.5 Å². The van der Waals surface area contributed by atoms with Crippen molar-refractivity contribution in [1.82, 2.24) is 31.0 Å². The van der Waals surface area contributed by atoms with Crippen LogP contribution in [0.15, 0.2) is 22.9 Å². The summed E-state index contributed by atoms with van der Waals surface area (Å²) in [5, 5.41) is 17.2. The Morgan fingerprint density at radius 1 is 1.55 bits per heavy atom. The molecule has 1 aliphatic rings. The molecular weight excluding hydrogens is 260 g/mol. The van der Waals surface area contributed by atoms with Crippen LogP contribution < -0.4 is 10.6 Å². The summed E-state index contributed by atoms with van der Waals surface area (Å²) in [6.45, 7) is 1.21. The number of hydrogen-bond acceptors (Lipinski definition) is 7. The summed E-state index contributed by atoms with van der Waals surface area (Å²) >= 11 is 0. The Labute approximate surface area is 115 Å². The zero-order chi connectivity index (χ0) is 13.8. The Hall–Kier alpha value is -2.35. The molecule has 20 heavy (non-hydrogen) atoms. The molecule has 0 aromatic carbocycles. The van der Waals surface area contributed by atoms with Crippen molar-refractivity contribution in [3.8, 4) is 0 Å². The van der Waals surface area contributed by atoms with Crippen LogP contribution in [-0.2, 0) is 6.54 Å². The summed E-state index contributed by atoms with van der Waals surface area (Å²) < 4.78 is 5.11. The van der Waals surface area contributed by atoms with Gasteiger partial charge in [0, 0.05) is 6.20 Å². The fraction of sp³-hybridized carbons (Fsp3) is 0.417. The van der Waals surface area contributed by atoms with E-state index >= 15 is 0 Å². The van der Waals surface area contributed by atoms with E-state index in [-0.39, 0.29) is 24.3 Å². The average molecular weight is 274 g/mol. The van der Waals surface area contributed by atoms with Crippen molar-refractivity contribution < 1.29 is 9.32 Å². The van der Waals surface area contributed by atoms with E-state index in [9.17, 15) is 4.79 Å². The third-order valence-electron chi connectivity index (χ3n) is 3.06. The fourth-order valence-electron chi connectivity index (χ4n) is 2.04. The third-order valence-corrected chi connectivity index (χ3v) is 3.06. The lowest BCUT2D eigenvalue weighted by atomic mass is 10.2. The summed E-state index contributed by atoms with van der Waals surface area (Å²) in [5.41, 5.74) is 0.669. The summed E-state index contributed by atoms with van der Waals surface area (Å²) in [7, 11) is 0. The molecule has 1 saturated heterocycles. The molecule has 1 aliphatic heterocycles. The molecule has 0 saturated carbocycles. The van der Waals surface area contributed by atoms with Gasteiger partial charge >= 0.3 is 0 Å². The first-order chi connectivity index (χ1) is 9.83. The lowest BCUT2D eigenvalue weighted by molar-refractivity contribution is 0.0937. The molecule has 8 heteroatoms. The predicted octanol–water partition coefficient (Wildman–Crippen LogP) is 0.214. The van der Waals surface area contributed by atoms with Crippen molar-refractivity contribution in [1.29, 1.82) is 0 Å². The monoisotopic (exact) mass is 274 g/mol. The Kier molecular flexibility index (Phi) is 3.64. The highest BCUT2D eigenvalue weighted by molar-refractivity contribution is 5.90. The van der Waals surface area contributed by atoms with Crippen molar-refractivity contribution in [3.05, 3.63) is 35.7 Å². The number of aromatic nitrogens is 4. The quantitative estimate of drug-likeness (QED) is 0.821. The van der Waals surface area contributed by atoms with E-state index < -0.39 is 0 Å². The molecule has 0 radical (unpaired) electrons. The largest absolute Gasteiger partial charge is 0.343 e. The maximum absolute atomic E-state index is 11.9. The zero-order valence-electron chi connectivity index (χ0n) is 10.7. The minimum absolute atomic E-state index is 0.0394. The van der Waals surface area contributed by atoms with Gasteiger partial charge in [-0.3, -0.25) is 4.79 Å². The predicted molar refractivity (Wildman–Crippen MR) is 67.5 cm³/mol. The normalized spacial score (nSPS) is 18.1. The van der Waals surface area contributed by atoms with Gasteiger partial charge in [0.05, 0.1) is 18.3 Å². The maximum atomic E-state index is 11.9. The van der Waals surface area contributed by atoms with Gasteiger partial charge in [-0.1, -0.05) is 5.16 Å². The summed E-state index contributed by atoms with van der Waals surface area (Å²) in [6, 6.07) is 3.59. The van der Waals surface area contributed by atoms with Gasteiger partial charge in [-0.25, -0.2) is 0 Å². The number of carbonyl (C=O) groups excluding carboxylic acids is 1. The van der Waals surface area contributed by atoms with Crippen LogP contribution in [0.25, 0.3) is 0 Å². The van der Waals surface area contributed by atoms with Crippen molar-refractivity contribution in [2.24, 2.45) is 0 Å². The van der Waals surface area contributed by atoms with Gasteiger partial charge in [-0.15, -0.1) is 0 Å². The molecule has 0 bridgehead atoms. The van der Waals surface area contributed by atoms with Crippen LogP contribution in [0.4, 0.5) is 0 Å². The second kappa shape index (κ2) is 5.74. The summed E-state index contributed by atoms with van der Waals surface area (Å²) in [5.74, 6) is 0.119. The highest BCUT2D eigenvalue weighted by atomic mass is 16.5. The second-order valence-corrected chi connectivity index (χ2v) is 4.50. The Bertz CT molecular complexity index is 579. The Balaban J connectivity index is 1.59. The minimum Gasteiger partial charge on any atom is -0.343 e. The van der Waals surface area contributed by atoms with E-state index in [1.54, 1.807) is 18.3 Å². The van der Waals surface area contributed by atoms with E-state index in [1.165, 1.54) is 0 Å². The summed E-state index contributed by atoms with van der Waals surface area (Å²) in [4.78, 5) is 16.0. The molecule has 2 aromatic rings. The van der Waals surface area contributed by atoms with E-state index in [4.69, 9.17) is 4.52 Å². The lowest BCUT2D eigenvalue weighted by Gasteiger charge is -2.01. The first kappa shape index (κ1) is 12.7. The smallest absolute Gasteiger partial charge is 0.293 e. The highest BCUT2D eigenvalue weighted by Gasteiger charge is 2.24. The van der Waals surface area contributed by atoms with Crippen molar-refractivity contribution in [3.63, 3.8) is 0 Å². The lowest BCUT2D eigenvalue weighted by Crippen LogP contribution is -2.24. The van der Waals surface area contributed by atoms with Gasteiger partial charge in [0.2, 0.25) is 5.89 Å². The molecule has 3 heterocycles.